The van der Waals surface area contributed by atoms with Crippen LogP contribution in [0.1, 0.15) is 30.3 Å². The lowest BCUT2D eigenvalue weighted by atomic mass is 9.91. The zero-order chi connectivity index (χ0) is 12.3. The van der Waals surface area contributed by atoms with Crippen molar-refractivity contribution < 1.29 is 0 Å². The number of hydrogen-bond donors (Lipinski definition) is 1. The standard InChI is InChI=1S/C13H23N3S/c1-10(14)12-3-6-16(7-4-12)8-5-13-11(2)15-9-17-13/h9-10,12H,3-8,14H2,1-2H3. The molecular weight excluding hydrogens is 230 g/mol. The molecule has 1 aromatic heterocycles. The van der Waals surface area contributed by atoms with E-state index < -0.39 is 0 Å². The Bertz CT molecular complexity index is 340. The van der Waals surface area contributed by atoms with Crippen LogP contribution < -0.4 is 5.73 Å². The average Bonchev–Trinajstić information content (AvgIpc) is 2.73. The molecule has 1 aromatic rings. The molecule has 0 spiro atoms. The van der Waals surface area contributed by atoms with Gasteiger partial charge in [-0.25, -0.2) is 4.98 Å². The summed E-state index contributed by atoms with van der Waals surface area (Å²) in [5, 5.41) is 0. The molecule has 1 aliphatic rings. The SMILES string of the molecule is Cc1ncsc1CCN1CCC(C(C)N)CC1. The molecule has 0 aliphatic carbocycles. The summed E-state index contributed by atoms with van der Waals surface area (Å²) < 4.78 is 0. The van der Waals surface area contributed by atoms with Crippen LogP contribution in [0.25, 0.3) is 0 Å². The van der Waals surface area contributed by atoms with Crippen LogP contribution in [-0.2, 0) is 6.42 Å². The zero-order valence-corrected chi connectivity index (χ0v) is 11.7. The van der Waals surface area contributed by atoms with E-state index in [1.807, 2.05) is 5.51 Å². The number of hydrogen-bond acceptors (Lipinski definition) is 4. The van der Waals surface area contributed by atoms with E-state index in [0.29, 0.717) is 6.04 Å². The Kier molecular flexibility index (Phi) is 4.54. The highest BCUT2D eigenvalue weighted by Gasteiger charge is 2.21. The van der Waals surface area contributed by atoms with Crippen LogP contribution in [-0.4, -0.2) is 35.6 Å². The maximum absolute atomic E-state index is 5.96. The van der Waals surface area contributed by atoms with Gasteiger partial charge in [0.05, 0.1) is 11.2 Å². The van der Waals surface area contributed by atoms with Crippen LogP contribution in [0.5, 0.6) is 0 Å². The molecule has 1 unspecified atom stereocenters. The minimum absolute atomic E-state index is 0.362. The summed E-state index contributed by atoms with van der Waals surface area (Å²) in [6.07, 6.45) is 3.68. The number of rotatable bonds is 4. The molecule has 1 atom stereocenters. The van der Waals surface area contributed by atoms with Crippen molar-refractivity contribution in [3.05, 3.63) is 16.1 Å². The van der Waals surface area contributed by atoms with Crippen molar-refractivity contribution in [2.45, 2.75) is 39.2 Å². The molecule has 3 nitrogen and oxygen atoms in total. The van der Waals surface area contributed by atoms with E-state index in [1.54, 1.807) is 11.3 Å². The zero-order valence-electron chi connectivity index (χ0n) is 10.9. The van der Waals surface area contributed by atoms with Gasteiger partial charge >= 0.3 is 0 Å². The van der Waals surface area contributed by atoms with E-state index in [0.717, 1.165) is 12.3 Å². The van der Waals surface area contributed by atoms with Gasteiger partial charge in [0.1, 0.15) is 0 Å². The minimum atomic E-state index is 0.362. The van der Waals surface area contributed by atoms with Crippen LogP contribution in [0.15, 0.2) is 5.51 Å². The molecule has 1 fully saturated rings. The number of aryl methyl sites for hydroxylation is 1. The van der Waals surface area contributed by atoms with E-state index in [9.17, 15) is 0 Å². The van der Waals surface area contributed by atoms with Gasteiger partial charge in [0.15, 0.2) is 0 Å². The van der Waals surface area contributed by atoms with Crippen molar-refractivity contribution >= 4 is 11.3 Å². The van der Waals surface area contributed by atoms with Crippen molar-refractivity contribution in [2.24, 2.45) is 11.7 Å². The van der Waals surface area contributed by atoms with E-state index >= 15 is 0 Å². The quantitative estimate of drug-likeness (QED) is 0.893. The third kappa shape index (κ3) is 3.50. The van der Waals surface area contributed by atoms with E-state index in [-0.39, 0.29) is 0 Å². The van der Waals surface area contributed by atoms with Crippen LogP contribution in [0.4, 0.5) is 0 Å². The largest absolute Gasteiger partial charge is 0.328 e. The van der Waals surface area contributed by atoms with Gasteiger partial charge < -0.3 is 10.6 Å². The molecule has 0 saturated carbocycles. The molecule has 0 aromatic carbocycles. The Morgan fingerprint density at radius 2 is 2.24 bits per heavy atom. The molecule has 17 heavy (non-hydrogen) atoms. The molecule has 0 amide bonds. The summed E-state index contributed by atoms with van der Waals surface area (Å²) in [6, 6.07) is 0.362. The van der Waals surface area contributed by atoms with E-state index in [1.165, 1.54) is 43.0 Å². The van der Waals surface area contributed by atoms with Crippen LogP contribution in [0, 0.1) is 12.8 Å². The number of likely N-dealkylation sites (tertiary alicyclic amines) is 1. The Balaban J connectivity index is 1.74. The first-order valence-electron chi connectivity index (χ1n) is 6.53. The third-order valence-corrected chi connectivity index (χ3v) is 4.87. The summed E-state index contributed by atoms with van der Waals surface area (Å²) >= 11 is 1.79. The second kappa shape index (κ2) is 5.94. The number of piperidine rings is 1. The van der Waals surface area contributed by atoms with E-state index in [4.69, 9.17) is 5.73 Å². The van der Waals surface area contributed by atoms with Crippen molar-refractivity contribution in [3.63, 3.8) is 0 Å². The molecule has 0 bridgehead atoms. The van der Waals surface area contributed by atoms with Gasteiger partial charge in [0.25, 0.3) is 0 Å². The molecule has 4 heteroatoms. The minimum Gasteiger partial charge on any atom is -0.328 e. The fraction of sp³-hybridized carbons (Fsp3) is 0.769. The maximum Gasteiger partial charge on any atom is 0.0797 e. The van der Waals surface area contributed by atoms with Gasteiger partial charge in [0.2, 0.25) is 0 Å². The lowest BCUT2D eigenvalue weighted by molar-refractivity contribution is 0.174. The summed E-state index contributed by atoms with van der Waals surface area (Å²) in [6.45, 7) is 7.85. The van der Waals surface area contributed by atoms with Crippen molar-refractivity contribution in [1.29, 1.82) is 0 Å². The second-order valence-corrected chi connectivity index (χ2v) is 6.09. The molecule has 2 heterocycles. The Morgan fingerprint density at radius 1 is 1.53 bits per heavy atom. The molecule has 96 valence electrons. The number of nitrogens with two attached hydrogens (primary N) is 1. The molecular formula is C13H23N3S. The van der Waals surface area contributed by atoms with Crippen LogP contribution in [0.2, 0.25) is 0 Å². The summed E-state index contributed by atoms with van der Waals surface area (Å²) in [4.78, 5) is 8.31. The first-order valence-corrected chi connectivity index (χ1v) is 7.41. The van der Waals surface area contributed by atoms with Crippen molar-refractivity contribution in [3.8, 4) is 0 Å². The highest BCUT2D eigenvalue weighted by atomic mass is 32.1. The lowest BCUT2D eigenvalue weighted by Crippen LogP contribution is -2.40. The predicted molar refractivity (Wildman–Crippen MR) is 73.4 cm³/mol. The summed E-state index contributed by atoms with van der Waals surface area (Å²) in [7, 11) is 0. The van der Waals surface area contributed by atoms with Gasteiger partial charge in [-0.3, -0.25) is 0 Å². The molecule has 0 radical (unpaired) electrons. The fourth-order valence-electron chi connectivity index (χ4n) is 2.53. The molecule has 1 saturated heterocycles. The molecule has 2 rings (SSSR count). The van der Waals surface area contributed by atoms with E-state index in [2.05, 4.69) is 23.7 Å². The third-order valence-electron chi connectivity index (χ3n) is 3.88. The monoisotopic (exact) mass is 253 g/mol. The van der Waals surface area contributed by atoms with Crippen LogP contribution in [0.3, 0.4) is 0 Å². The van der Waals surface area contributed by atoms with Crippen molar-refractivity contribution in [2.75, 3.05) is 19.6 Å². The van der Waals surface area contributed by atoms with Gasteiger partial charge in [-0.1, -0.05) is 0 Å². The molecule has 1 aliphatic heterocycles. The number of thiazole rings is 1. The topological polar surface area (TPSA) is 42.2 Å². The number of aromatic nitrogens is 1. The second-order valence-electron chi connectivity index (χ2n) is 5.15. The smallest absolute Gasteiger partial charge is 0.0797 e. The van der Waals surface area contributed by atoms with Crippen molar-refractivity contribution in [1.82, 2.24) is 9.88 Å². The van der Waals surface area contributed by atoms with Gasteiger partial charge in [0, 0.05) is 17.5 Å². The normalized spacial score (nSPS) is 20.6. The fourth-order valence-corrected chi connectivity index (χ4v) is 3.30. The van der Waals surface area contributed by atoms with Crippen LogP contribution >= 0.6 is 11.3 Å². The lowest BCUT2D eigenvalue weighted by Gasteiger charge is -2.33. The average molecular weight is 253 g/mol. The van der Waals surface area contributed by atoms with Gasteiger partial charge in [-0.05, 0) is 52.1 Å². The highest BCUT2D eigenvalue weighted by molar-refractivity contribution is 7.09. The number of nitrogens with zero attached hydrogens (tertiary/aromatic N) is 2. The molecule has 2 N–H and O–H groups in total. The van der Waals surface area contributed by atoms with Gasteiger partial charge in [-0.2, -0.15) is 0 Å². The highest BCUT2D eigenvalue weighted by Crippen LogP contribution is 2.20. The Hall–Kier alpha value is -0.450. The Labute approximate surface area is 108 Å². The first kappa shape index (κ1) is 13.0. The first-order chi connectivity index (χ1) is 8.16. The maximum atomic E-state index is 5.96. The summed E-state index contributed by atoms with van der Waals surface area (Å²) in [5.41, 5.74) is 9.12. The predicted octanol–water partition coefficient (Wildman–Crippen LogP) is 2.05. The Morgan fingerprint density at radius 3 is 2.76 bits per heavy atom. The summed E-state index contributed by atoms with van der Waals surface area (Å²) in [5.74, 6) is 0.733. The van der Waals surface area contributed by atoms with Gasteiger partial charge in [-0.15, -0.1) is 11.3 Å².